The van der Waals surface area contributed by atoms with E-state index < -0.39 is 5.97 Å². The Labute approximate surface area is 95.4 Å². The van der Waals surface area contributed by atoms with Gasteiger partial charge in [0.05, 0.1) is 39.6 Å². The van der Waals surface area contributed by atoms with Gasteiger partial charge in [0.15, 0.2) is 0 Å². The first-order valence-corrected chi connectivity index (χ1v) is 5.30. The summed E-state index contributed by atoms with van der Waals surface area (Å²) in [5.74, 6) is -0.973. The fraction of sp³-hybridized carbons (Fsp3) is 0.900. The molecule has 0 atom stereocenters. The molecule has 0 aliphatic carbocycles. The van der Waals surface area contributed by atoms with Crippen molar-refractivity contribution in [3.63, 3.8) is 0 Å². The molecule has 6 heteroatoms. The number of carboxylic acid groups (broad SMARTS) is 1. The van der Waals surface area contributed by atoms with Gasteiger partial charge in [-0.15, -0.1) is 0 Å². The van der Waals surface area contributed by atoms with Crippen LogP contribution in [0.1, 0.15) is 6.92 Å². The van der Waals surface area contributed by atoms with E-state index in [4.69, 9.17) is 24.1 Å². The Hall–Kier alpha value is -0.690. The molecule has 0 aromatic carbocycles. The molecule has 0 spiro atoms. The smallest absolute Gasteiger partial charge is 0.329 e. The second-order valence-corrected chi connectivity index (χ2v) is 2.87. The predicted octanol–water partition coefficient (Wildman–Crippen LogP) is 0.157. The summed E-state index contributed by atoms with van der Waals surface area (Å²) in [6.45, 7) is 5.14. The van der Waals surface area contributed by atoms with Gasteiger partial charge in [0.2, 0.25) is 0 Å². The molecule has 0 aliphatic rings. The Kier molecular flexibility index (Phi) is 11.8. The summed E-state index contributed by atoms with van der Waals surface area (Å²) in [5.41, 5.74) is 0. The Morgan fingerprint density at radius 1 is 0.875 bits per heavy atom. The van der Waals surface area contributed by atoms with E-state index in [9.17, 15) is 4.79 Å². The Morgan fingerprint density at radius 3 is 1.75 bits per heavy atom. The van der Waals surface area contributed by atoms with Gasteiger partial charge in [0, 0.05) is 6.61 Å². The van der Waals surface area contributed by atoms with Crippen molar-refractivity contribution in [2.75, 3.05) is 52.9 Å². The van der Waals surface area contributed by atoms with Gasteiger partial charge in [-0.05, 0) is 6.92 Å². The summed E-state index contributed by atoms with van der Waals surface area (Å²) >= 11 is 0. The molecule has 0 fully saturated rings. The number of hydrogen-bond acceptors (Lipinski definition) is 5. The van der Waals surface area contributed by atoms with Crippen molar-refractivity contribution >= 4 is 5.97 Å². The van der Waals surface area contributed by atoms with Gasteiger partial charge in [-0.3, -0.25) is 0 Å². The third-order valence-electron chi connectivity index (χ3n) is 1.55. The standard InChI is InChI=1S/C10H20O6/c1-2-13-3-4-14-5-6-15-7-8-16-9-10(11)12/h2-9H2,1H3,(H,11,12). The summed E-state index contributed by atoms with van der Waals surface area (Å²) in [7, 11) is 0. The van der Waals surface area contributed by atoms with E-state index in [1.807, 2.05) is 6.92 Å². The molecule has 0 aromatic rings. The zero-order valence-corrected chi connectivity index (χ0v) is 9.65. The van der Waals surface area contributed by atoms with Crippen LogP contribution in [0.25, 0.3) is 0 Å². The van der Waals surface area contributed by atoms with Crippen molar-refractivity contribution in [1.29, 1.82) is 0 Å². The van der Waals surface area contributed by atoms with Crippen LogP contribution in [0.3, 0.4) is 0 Å². The monoisotopic (exact) mass is 236 g/mol. The van der Waals surface area contributed by atoms with Gasteiger partial charge >= 0.3 is 5.97 Å². The molecule has 0 radical (unpaired) electrons. The SMILES string of the molecule is CCOCCOCCOCCOCC(=O)O. The molecule has 0 unspecified atom stereocenters. The molecule has 6 nitrogen and oxygen atoms in total. The Balaban J connectivity index is 2.90. The highest BCUT2D eigenvalue weighted by molar-refractivity contribution is 5.67. The van der Waals surface area contributed by atoms with E-state index in [0.29, 0.717) is 39.6 Å². The lowest BCUT2D eigenvalue weighted by Gasteiger charge is -2.05. The largest absolute Gasteiger partial charge is 0.480 e. The Bertz CT molecular complexity index is 161. The topological polar surface area (TPSA) is 74.2 Å². The maximum Gasteiger partial charge on any atom is 0.329 e. The molecule has 0 bridgehead atoms. The average molecular weight is 236 g/mol. The van der Waals surface area contributed by atoms with Gasteiger partial charge in [0.1, 0.15) is 6.61 Å². The minimum absolute atomic E-state index is 0.283. The van der Waals surface area contributed by atoms with Crippen LogP contribution >= 0.6 is 0 Å². The van der Waals surface area contributed by atoms with Crippen molar-refractivity contribution in [3.05, 3.63) is 0 Å². The summed E-state index contributed by atoms with van der Waals surface area (Å²) in [6, 6.07) is 0. The van der Waals surface area contributed by atoms with E-state index in [1.54, 1.807) is 0 Å². The molecular formula is C10H20O6. The number of rotatable bonds is 12. The lowest BCUT2D eigenvalue weighted by atomic mass is 10.7. The van der Waals surface area contributed by atoms with Gasteiger partial charge in [0.25, 0.3) is 0 Å². The quantitative estimate of drug-likeness (QED) is 0.486. The summed E-state index contributed by atoms with van der Waals surface area (Å²) in [6.07, 6.45) is 0. The van der Waals surface area contributed by atoms with Crippen molar-refractivity contribution in [2.45, 2.75) is 6.92 Å². The third kappa shape index (κ3) is 13.3. The number of carbonyl (C=O) groups is 1. The van der Waals surface area contributed by atoms with E-state index >= 15 is 0 Å². The molecule has 96 valence electrons. The fourth-order valence-electron chi connectivity index (χ4n) is 0.861. The maximum atomic E-state index is 10.1. The van der Waals surface area contributed by atoms with E-state index in [-0.39, 0.29) is 13.2 Å². The lowest BCUT2D eigenvalue weighted by molar-refractivity contribution is -0.142. The predicted molar refractivity (Wildman–Crippen MR) is 56.6 cm³/mol. The molecule has 0 saturated carbocycles. The van der Waals surface area contributed by atoms with Crippen molar-refractivity contribution in [1.82, 2.24) is 0 Å². The van der Waals surface area contributed by atoms with Crippen LogP contribution < -0.4 is 0 Å². The molecule has 0 heterocycles. The molecule has 0 aliphatic heterocycles. The zero-order valence-electron chi connectivity index (χ0n) is 9.65. The van der Waals surface area contributed by atoms with Crippen LogP contribution in [0.5, 0.6) is 0 Å². The van der Waals surface area contributed by atoms with Crippen molar-refractivity contribution in [2.24, 2.45) is 0 Å². The summed E-state index contributed by atoms with van der Waals surface area (Å²) < 4.78 is 20.2. The number of ether oxygens (including phenoxy) is 4. The third-order valence-corrected chi connectivity index (χ3v) is 1.55. The van der Waals surface area contributed by atoms with E-state index in [0.717, 1.165) is 0 Å². The minimum Gasteiger partial charge on any atom is -0.480 e. The normalized spacial score (nSPS) is 10.6. The summed E-state index contributed by atoms with van der Waals surface area (Å²) in [4.78, 5) is 10.1. The second kappa shape index (κ2) is 12.4. The van der Waals surface area contributed by atoms with Crippen molar-refractivity contribution in [3.8, 4) is 0 Å². The van der Waals surface area contributed by atoms with Gasteiger partial charge in [-0.1, -0.05) is 0 Å². The molecule has 0 saturated heterocycles. The lowest BCUT2D eigenvalue weighted by Crippen LogP contribution is -2.14. The number of aliphatic carboxylic acids is 1. The first-order valence-electron chi connectivity index (χ1n) is 5.30. The molecule has 0 amide bonds. The van der Waals surface area contributed by atoms with Gasteiger partial charge in [-0.2, -0.15) is 0 Å². The van der Waals surface area contributed by atoms with Gasteiger partial charge < -0.3 is 24.1 Å². The molecule has 0 aromatic heterocycles. The Morgan fingerprint density at radius 2 is 1.31 bits per heavy atom. The minimum atomic E-state index is -0.973. The first-order chi connectivity index (χ1) is 7.77. The van der Waals surface area contributed by atoms with E-state index in [1.165, 1.54) is 0 Å². The highest BCUT2D eigenvalue weighted by Crippen LogP contribution is 1.82. The van der Waals surface area contributed by atoms with Crippen LogP contribution in [0.2, 0.25) is 0 Å². The first kappa shape index (κ1) is 15.3. The fourth-order valence-corrected chi connectivity index (χ4v) is 0.861. The van der Waals surface area contributed by atoms with Crippen LogP contribution in [-0.4, -0.2) is 63.9 Å². The van der Waals surface area contributed by atoms with Crippen molar-refractivity contribution < 1.29 is 28.8 Å². The molecule has 16 heavy (non-hydrogen) atoms. The second-order valence-electron chi connectivity index (χ2n) is 2.87. The maximum absolute atomic E-state index is 10.1. The number of hydrogen-bond donors (Lipinski definition) is 1. The number of carboxylic acids is 1. The van der Waals surface area contributed by atoms with Crippen LogP contribution in [0.15, 0.2) is 0 Å². The highest BCUT2D eigenvalue weighted by atomic mass is 16.6. The van der Waals surface area contributed by atoms with Gasteiger partial charge in [-0.25, -0.2) is 4.79 Å². The zero-order chi connectivity index (χ0) is 12.1. The molecular weight excluding hydrogens is 216 g/mol. The molecule has 1 N–H and O–H groups in total. The van der Waals surface area contributed by atoms with Crippen LogP contribution in [0.4, 0.5) is 0 Å². The molecule has 0 rings (SSSR count). The van der Waals surface area contributed by atoms with Crippen LogP contribution in [0, 0.1) is 0 Å². The van der Waals surface area contributed by atoms with Crippen LogP contribution in [-0.2, 0) is 23.7 Å². The highest BCUT2D eigenvalue weighted by Gasteiger charge is 1.95. The summed E-state index contributed by atoms with van der Waals surface area (Å²) in [5, 5.41) is 8.26. The average Bonchev–Trinajstić information content (AvgIpc) is 2.25. The van der Waals surface area contributed by atoms with E-state index in [2.05, 4.69) is 0 Å².